The minimum Gasteiger partial charge on any atom is -0.374 e. The van der Waals surface area contributed by atoms with Crippen molar-refractivity contribution in [1.82, 2.24) is 20.4 Å². The van der Waals surface area contributed by atoms with Crippen molar-refractivity contribution in [2.45, 2.75) is 45.6 Å². The van der Waals surface area contributed by atoms with Crippen molar-refractivity contribution in [3.05, 3.63) is 46.2 Å². The molecule has 1 unspecified atom stereocenters. The van der Waals surface area contributed by atoms with Crippen molar-refractivity contribution in [1.29, 1.82) is 0 Å². The standard InChI is InChI=1S/C19H20FN5/c1-9-13(8-21-23-9)18-12-6-4-3-5-11(12)17-15(22-18)7-14(20)19-16(17)10(2)24-25-19/h7-8,18,22H,3-6H2,1-2H3,(H,21,23)(H,24,25). The van der Waals surface area contributed by atoms with Crippen LogP contribution >= 0.6 is 0 Å². The number of benzene rings is 1. The van der Waals surface area contributed by atoms with Crippen LogP contribution in [0.1, 0.15) is 54.2 Å². The molecular weight excluding hydrogens is 317 g/mol. The number of aryl methyl sites for hydroxylation is 2. The fourth-order valence-electron chi connectivity index (χ4n) is 4.43. The normalized spacial score (nSPS) is 19.7. The molecule has 0 spiro atoms. The van der Waals surface area contributed by atoms with E-state index >= 15 is 0 Å². The van der Waals surface area contributed by atoms with Gasteiger partial charge in [0.2, 0.25) is 0 Å². The Labute approximate surface area is 144 Å². The summed E-state index contributed by atoms with van der Waals surface area (Å²) in [6.45, 7) is 4.00. The second-order valence-corrected chi connectivity index (χ2v) is 7.09. The molecule has 0 saturated heterocycles. The van der Waals surface area contributed by atoms with E-state index in [2.05, 4.69) is 25.7 Å². The molecule has 0 amide bonds. The lowest BCUT2D eigenvalue weighted by Crippen LogP contribution is -2.22. The van der Waals surface area contributed by atoms with Gasteiger partial charge in [-0.05, 0) is 56.7 Å². The van der Waals surface area contributed by atoms with Crippen LogP contribution < -0.4 is 5.32 Å². The second-order valence-electron chi connectivity index (χ2n) is 7.09. The van der Waals surface area contributed by atoms with Gasteiger partial charge in [-0.15, -0.1) is 0 Å². The summed E-state index contributed by atoms with van der Waals surface area (Å²) in [5.41, 5.74) is 8.33. The summed E-state index contributed by atoms with van der Waals surface area (Å²) in [7, 11) is 0. The Hall–Kier alpha value is -2.63. The molecule has 3 N–H and O–H groups in total. The highest BCUT2D eigenvalue weighted by atomic mass is 19.1. The van der Waals surface area contributed by atoms with Gasteiger partial charge in [-0.3, -0.25) is 10.2 Å². The Morgan fingerprint density at radius 2 is 1.96 bits per heavy atom. The van der Waals surface area contributed by atoms with Gasteiger partial charge < -0.3 is 5.32 Å². The van der Waals surface area contributed by atoms with Crippen LogP contribution in [0.25, 0.3) is 16.5 Å². The third kappa shape index (κ3) is 2.00. The lowest BCUT2D eigenvalue weighted by Gasteiger charge is -2.35. The number of nitrogens with one attached hydrogen (secondary N) is 3. The maximum atomic E-state index is 14.6. The molecule has 128 valence electrons. The molecule has 25 heavy (non-hydrogen) atoms. The monoisotopic (exact) mass is 337 g/mol. The van der Waals surface area contributed by atoms with Crippen LogP contribution in [-0.2, 0) is 0 Å². The first-order valence-electron chi connectivity index (χ1n) is 8.81. The van der Waals surface area contributed by atoms with E-state index in [1.807, 2.05) is 20.0 Å². The van der Waals surface area contributed by atoms with E-state index in [0.717, 1.165) is 46.4 Å². The number of hydrogen-bond acceptors (Lipinski definition) is 3. The maximum absolute atomic E-state index is 14.6. The Morgan fingerprint density at radius 1 is 1.12 bits per heavy atom. The summed E-state index contributed by atoms with van der Waals surface area (Å²) in [4.78, 5) is 0. The van der Waals surface area contributed by atoms with Crippen molar-refractivity contribution >= 4 is 22.2 Å². The van der Waals surface area contributed by atoms with Gasteiger partial charge in [0.25, 0.3) is 0 Å². The molecule has 6 heteroatoms. The number of anilines is 1. The van der Waals surface area contributed by atoms with Crippen LogP contribution in [0.2, 0.25) is 0 Å². The topological polar surface area (TPSA) is 69.4 Å². The van der Waals surface area contributed by atoms with Gasteiger partial charge in [-0.2, -0.15) is 10.2 Å². The van der Waals surface area contributed by atoms with E-state index in [4.69, 9.17) is 0 Å². The molecule has 1 aliphatic carbocycles. The van der Waals surface area contributed by atoms with Crippen LogP contribution in [0.3, 0.4) is 0 Å². The highest BCUT2D eigenvalue weighted by Gasteiger charge is 2.33. The second kappa shape index (κ2) is 5.18. The zero-order chi connectivity index (χ0) is 17.1. The fraction of sp³-hybridized carbons (Fsp3) is 0.368. The third-order valence-corrected chi connectivity index (χ3v) is 5.60. The highest BCUT2D eigenvalue weighted by molar-refractivity contribution is 6.01. The average molecular weight is 337 g/mol. The van der Waals surface area contributed by atoms with E-state index in [9.17, 15) is 4.39 Å². The number of aromatic nitrogens is 4. The number of fused-ring (bicyclic) bond motifs is 4. The molecule has 2 aromatic heterocycles. The van der Waals surface area contributed by atoms with Crippen molar-refractivity contribution < 1.29 is 4.39 Å². The molecule has 5 nitrogen and oxygen atoms in total. The molecule has 1 atom stereocenters. The first kappa shape index (κ1) is 14.7. The molecular formula is C19H20FN5. The van der Waals surface area contributed by atoms with Crippen LogP contribution in [0.5, 0.6) is 0 Å². The van der Waals surface area contributed by atoms with Crippen molar-refractivity contribution in [3.63, 3.8) is 0 Å². The smallest absolute Gasteiger partial charge is 0.153 e. The first-order chi connectivity index (χ1) is 12.1. The van der Waals surface area contributed by atoms with Gasteiger partial charge in [0.1, 0.15) is 5.52 Å². The maximum Gasteiger partial charge on any atom is 0.153 e. The Morgan fingerprint density at radius 3 is 2.76 bits per heavy atom. The summed E-state index contributed by atoms with van der Waals surface area (Å²) >= 11 is 0. The van der Waals surface area contributed by atoms with Crippen molar-refractivity contribution in [3.8, 4) is 0 Å². The van der Waals surface area contributed by atoms with Gasteiger partial charge in [0.05, 0.1) is 12.2 Å². The van der Waals surface area contributed by atoms with Crippen LogP contribution in [0, 0.1) is 19.7 Å². The molecule has 0 radical (unpaired) electrons. The lowest BCUT2D eigenvalue weighted by molar-refractivity contribution is 0.634. The lowest BCUT2D eigenvalue weighted by atomic mass is 9.77. The van der Waals surface area contributed by atoms with Crippen molar-refractivity contribution in [2.24, 2.45) is 0 Å². The summed E-state index contributed by atoms with van der Waals surface area (Å²) in [6.07, 6.45) is 6.34. The largest absolute Gasteiger partial charge is 0.374 e. The Bertz CT molecular complexity index is 1030. The van der Waals surface area contributed by atoms with Gasteiger partial charge in [-0.1, -0.05) is 0 Å². The van der Waals surface area contributed by atoms with Gasteiger partial charge >= 0.3 is 0 Å². The molecule has 5 rings (SSSR count). The molecule has 2 aliphatic rings. The van der Waals surface area contributed by atoms with Gasteiger partial charge in [-0.25, -0.2) is 4.39 Å². The Kier molecular flexibility index (Phi) is 3.04. The van der Waals surface area contributed by atoms with Gasteiger partial charge in [0, 0.05) is 33.6 Å². The molecule has 0 fully saturated rings. The van der Waals surface area contributed by atoms with E-state index in [1.54, 1.807) is 6.07 Å². The van der Waals surface area contributed by atoms with E-state index < -0.39 is 0 Å². The number of allylic oxidation sites excluding steroid dienone is 1. The van der Waals surface area contributed by atoms with Crippen molar-refractivity contribution in [2.75, 3.05) is 5.32 Å². The number of halogens is 1. The zero-order valence-corrected chi connectivity index (χ0v) is 14.3. The minimum absolute atomic E-state index is 0.0607. The van der Waals surface area contributed by atoms with E-state index in [1.165, 1.54) is 24.0 Å². The number of rotatable bonds is 1. The van der Waals surface area contributed by atoms with E-state index in [0.29, 0.717) is 5.52 Å². The van der Waals surface area contributed by atoms with Crippen LogP contribution in [0.15, 0.2) is 17.8 Å². The Balaban J connectivity index is 1.82. The molecule has 1 aliphatic heterocycles. The zero-order valence-electron chi connectivity index (χ0n) is 14.3. The summed E-state index contributed by atoms with van der Waals surface area (Å²) in [5, 5.41) is 18.9. The summed E-state index contributed by atoms with van der Waals surface area (Å²) in [5.74, 6) is -0.284. The molecule has 3 heterocycles. The summed E-state index contributed by atoms with van der Waals surface area (Å²) in [6, 6.07) is 1.66. The van der Waals surface area contributed by atoms with E-state index in [-0.39, 0.29) is 11.9 Å². The number of hydrogen-bond donors (Lipinski definition) is 3. The number of nitrogens with zero attached hydrogens (tertiary/aromatic N) is 2. The molecule has 0 saturated carbocycles. The summed E-state index contributed by atoms with van der Waals surface area (Å²) < 4.78 is 14.6. The SMILES string of the molecule is Cc1[nH]ncc1C1Nc2cc(F)c3n[nH]c(C)c3c2C2=C1CCCC2. The van der Waals surface area contributed by atoms with Crippen LogP contribution in [0.4, 0.5) is 10.1 Å². The van der Waals surface area contributed by atoms with Crippen LogP contribution in [-0.4, -0.2) is 20.4 Å². The third-order valence-electron chi connectivity index (χ3n) is 5.60. The number of H-pyrrole nitrogens is 2. The van der Waals surface area contributed by atoms with Gasteiger partial charge in [0.15, 0.2) is 5.82 Å². The molecule has 1 aromatic carbocycles. The first-order valence-corrected chi connectivity index (χ1v) is 8.81. The predicted octanol–water partition coefficient (Wildman–Crippen LogP) is 4.54. The molecule has 0 bridgehead atoms. The fourth-order valence-corrected chi connectivity index (χ4v) is 4.43. The quantitative estimate of drug-likeness (QED) is 0.611. The average Bonchev–Trinajstić information content (AvgIpc) is 3.21. The number of aromatic amines is 2. The molecule has 3 aromatic rings. The highest BCUT2D eigenvalue weighted by Crippen LogP contribution is 2.49. The predicted molar refractivity (Wildman–Crippen MR) is 95.9 cm³/mol. The minimum atomic E-state index is -0.284.